The summed E-state index contributed by atoms with van der Waals surface area (Å²) in [5.41, 5.74) is 1.70. The number of hydrogen-bond acceptors (Lipinski definition) is 5. The maximum atomic E-state index is 12.9. The third-order valence-corrected chi connectivity index (χ3v) is 8.23. The van der Waals surface area contributed by atoms with Crippen molar-refractivity contribution in [1.82, 2.24) is 4.57 Å². The lowest BCUT2D eigenvalue weighted by molar-refractivity contribution is -0.118. The predicted molar refractivity (Wildman–Crippen MR) is 157 cm³/mol. The molecule has 0 saturated carbocycles. The molecule has 2 aromatic rings. The maximum Gasteiger partial charge on any atom is 0.253 e. The number of benzene rings is 1. The first kappa shape index (κ1) is 30.3. The van der Waals surface area contributed by atoms with Crippen molar-refractivity contribution in [3.05, 3.63) is 34.6 Å². The van der Waals surface area contributed by atoms with E-state index in [0.29, 0.717) is 17.6 Å². The van der Waals surface area contributed by atoms with E-state index < -0.39 is 0 Å². The van der Waals surface area contributed by atoms with E-state index in [-0.39, 0.29) is 11.0 Å². The maximum absolute atomic E-state index is 12.9. The summed E-state index contributed by atoms with van der Waals surface area (Å²) in [6.45, 7) is 12.3. The van der Waals surface area contributed by atoms with Crippen molar-refractivity contribution in [2.45, 2.75) is 92.5 Å². The molecule has 0 N–H and O–H groups in total. The zero-order chi connectivity index (χ0) is 26.7. The van der Waals surface area contributed by atoms with Crippen molar-refractivity contribution >= 4 is 33.5 Å². The van der Waals surface area contributed by atoms with Crippen molar-refractivity contribution in [2.24, 2.45) is 11.3 Å². The number of aryl methyl sites for hydroxylation is 1. The highest BCUT2D eigenvalue weighted by Crippen LogP contribution is 2.34. The Hall–Kier alpha value is -1.95. The molecule has 0 aliphatic rings. The number of carbonyl (C=O) groups excluding carboxylic acids is 1. The largest absolute Gasteiger partial charge is 0.496 e. The molecule has 0 amide bonds. The zero-order valence-corrected chi connectivity index (χ0v) is 24.5. The van der Waals surface area contributed by atoms with Gasteiger partial charge in [-0.25, -0.2) is 0 Å². The van der Waals surface area contributed by atoms with Crippen molar-refractivity contribution < 1.29 is 9.53 Å². The van der Waals surface area contributed by atoms with Crippen LogP contribution in [0.25, 0.3) is 10.9 Å². The van der Waals surface area contributed by atoms with Gasteiger partial charge in [0, 0.05) is 37.4 Å². The molecule has 1 heterocycles. The fourth-order valence-electron chi connectivity index (χ4n) is 4.53. The molecule has 1 aromatic heterocycles. The molecule has 6 heteroatoms. The van der Waals surface area contributed by atoms with Crippen LogP contribution in [0.5, 0.6) is 5.75 Å². The van der Waals surface area contributed by atoms with Gasteiger partial charge in [0.05, 0.1) is 23.7 Å². The number of fused-ring (bicyclic) bond motifs is 1. The van der Waals surface area contributed by atoms with E-state index in [2.05, 4.69) is 46.6 Å². The van der Waals surface area contributed by atoms with Gasteiger partial charge < -0.3 is 14.2 Å². The van der Waals surface area contributed by atoms with Crippen LogP contribution in [0, 0.1) is 11.3 Å². The molecule has 2 rings (SSSR count). The predicted octanol–water partition coefficient (Wildman–Crippen LogP) is 7.53. The number of nitrogens with zero attached hydrogens (tertiary/aromatic N) is 2. The second kappa shape index (κ2) is 14.7. The molecule has 0 aliphatic heterocycles. The Balaban J connectivity index is 1.83. The molecule has 0 spiro atoms. The van der Waals surface area contributed by atoms with Crippen LogP contribution in [-0.4, -0.2) is 36.1 Å². The van der Waals surface area contributed by atoms with Gasteiger partial charge in [-0.05, 0) is 43.7 Å². The number of rotatable bonds is 16. The number of aromatic nitrogens is 1. The Morgan fingerprint density at radius 3 is 2.50 bits per heavy atom. The van der Waals surface area contributed by atoms with E-state index in [4.69, 9.17) is 4.74 Å². The molecule has 0 bridgehead atoms. The first-order chi connectivity index (χ1) is 17.1. The average Bonchev–Trinajstić information content (AvgIpc) is 2.85. The number of ether oxygens (including phenoxy) is 1. The number of unbranched alkanes of at least 4 members (excludes halogenated alkanes) is 4. The lowest BCUT2D eigenvalue weighted by atomic mass is 9.87. The number of hydrogen-bond donors (Lipinski definition) is 0. The number of thioether (sulfide) groups is 1. The van der Waals surface area contributed by atoms with Gasteiger partial charge in [0.15, 0.2) is 5.12 Å². The van der Waals surface area contributed by atoms with Crippen LogP contribution >= 0.6 is 11.8 Å². The van der Waals surface area contributed by atoms with E-state index in [1.165, 1.54) is 18.2 Å². The number of pyridine rings is 1. The summed E-state index contributed by atoms with van der Waals surface area (Å²) in [7, 11) is 3.75. The van der Waals surface area contributed by atoms with Gasteiger partial charge in [-0.2, -0.15) is 0 Å². The van der Waals surface area contributed by atoms with Crippen LogP contribution in [0.1, 0.15) is 86.0 Å². The van der Waals surface area contributed by atoms with Gasteiger partial charge in [0.1, 0.15) is 5.75 Å². The van der Waals surface area contributed by atoms with E-state index >= 15 is 0 Å². The molecular formula is C30H48N2O3S. The third kappa shape index (κ3) is 8.57. The summed E-state index contributed by atoms with van der Waals surface area (Å²) in [6, 6.07) is 7.70. The Labute approximate surface area is 223 Å². The van der Waals surface area contributed by atoms with Gasteiger partial charge in [-0.15, -0.1) is 0 Å². The molecular weight excluding hydrogens is 468 g/mol. The number of anilines is 1. The van der Waals surface area contributed by atoms with E-state index in [0.717, 1.165) is 79.6 Å². The van der Waals surface area contributed by atoms with Crippen LogP contribution in [0.15, 0.2) is 29.1 Å². The summed E-state index contributed by atoms with van der Waals surface area (Å²) in [6.07, 6.45) is 8.60. The monoisotopic (exact) mass is 516 g/mol. The zero-order valence-electron chi connectivity index (χ0n) is 23.7. The van der Waals surface area contributed by atoms with Crippen LogP contribution in [-0.2, 0) is 11.3 Å². The van der Waals surface area contributed by atoms with E-state index in [1.54, 1.807) is 13.2 Å². The lowest BCUT2D eigenvalue weighted by Crippen LogP contribution is -2.25. The Bertz CT molecular complexity index is 1030. The van der Waals surface area contributed by atoms with Gasteiger partial charge in [-0.3, -0.25) is 9.59 Å². The molecule has 0 atom stereocenters. The minimum Gasteiger partial charge on any atom is -0.496 e. The second-order valence-electron chi connectivity index (χ2n) is 11.0. The van der Waals surface area contributed by atoms with Crippen LogP contribution < -0.4 is 15.2 Å². The SMILES string of the molecule is CCCn1c(=O)cc(N(C)CCCCCCCSC(=O)C(C)(C)CCC(C)C)c2c(OC)cccc21. The molecule has 1 aromatic carbocycles. The third-order valence-electron chi connectivity index (χ3n) is 6.93. The smallest absolute Gasteiger partial charge is 0.253 e. The van der Waals surface area contributed by atoms with E-state index in [9.17, 15) is 9.59 Å². The lowest BCUT2D eigenvalue weighted by Gasteiger charge is -2.24. The first-order valence-electron chi connectivity index (χ1n) is 13.7. The van der Waals surface area contributed by atoms with Crippen LogP contribution in [0.4, 0.5) is 5.69 Å². The van der Waals surface area contributed by atoms with Crippen LogP contribution in [0.2, 0.25) is 0 Å². The summed E-state index contributed by atoms with van der Waals surface area (Å²) in [4.78, 5) is 27.6. The summed E-state index contributed by atoms with van der Waals surface area (Å²) >= 11 is 1.52. The molecule has 36 heavy (non-hydrogen) atoms. The molecule has 0 radical (unpaired) electrons. The van der Waals surface area contributed by atoms with Gasteiger partial charge in [0.2, 0.25) is 0 Å². The fraction of sp³-hybridized carbons (Fsp3) is 0.667. The topological polar surface area (TPSA) is 51.5 Å². The standard InChI is InChI=1S/C30H48N2O3S/c1-8-19-32-24-15-14-16-26(35-7)28(24)25(22-27(32)33)31(6)20-12-10-9-11-13-21-36-29(34)30(4,5)18-17-23(2)3/h14-16,22-23H,8-13,17-21H2,1-7H3. The minimum atomic E-state index is -0.219. The summed E-state index contributed by atoms with van der Waals surface area (Å²) in [5.74, 6) is 2.37. The number of methoxy groups -OCH3 is 1. The Morgan fingerprint density at radius 2 is 1.83 bits per heavy atom. The van der Waals surface area contributed by atoms with Crippen molar-refractivity contribution in [1.29, 1.82) is 0 Å². The molecule has 0 aliphatic carbocycles. The van der Waals surface area contributed by atoms with E-state index in [1.807, 2.05) is 22.8 Å². The molecule has 5 nitrogen and oxygen atoms in total. The molecule has 0 unspecified atom stereocenters. The molecule has 0 saturated heterocycles. The van der Waals surface area contributed by atoms with Crippen molar-refractivity contribution in [2.75, 3.05) is 31.4 Å². The van der Waals surface area contributed by atoms with Gasteiger partial charge >= 0.3 is 0 Å². The Morgan fingerprint density at radius 1 is 1.14 bits per heavy atom. The average molecular weight is 517 g/mol. The quantitative estimate of drug-likeness (QED) is 0.216. The number of carbonyl (C=O) groups is 1. The highest BCUT2D eigenvalue weighted by Gasteiger charge is 2.27. The fourth-order valence-corrected chi connectivity index (χ4v) is 5.55. The highest BCUT2D eigenvalue weighted by atomic mass is 32.2. The normalized spacial score (nSPS) is 11.9. The summed E-state index contributed by atoms with van der Waals surface area (Å²) in [5, 5.41) is 1.35. The molecule has 202 valence electrons. The van der Waals surface area contributed by atoms with Gasteiger partial charge in [0.25, 0.3) is 5.56 Å². The van der Waals surface area contributed by atoms with Crippen LogP contribution in [0.3, 0.4) is 0 Å². The summed E-state index contributed by atoms with van der Waals surface area (Å²) < 4.78 is 7.52. The highest BCUT2D eigenvalue weighted by molar-refractivity contribution is 8.13. The second-order valence-corrected chi connectivity index (χ2v) is 12.1. The van der Waals surface area contributed by atoms with Crippen molar-refractivity contribution in [3.63, 3.8) is 0 Å². The van der Waals surface area contributed by atoms with Crippen molar-refractivity contribution in [3.8, 4) is 5.75 Å². The Kier molecular flexibility index (Phi) is 12.4. The minimum absolute atomic E-state index is 0.0406. The van der Waals surface area contributed by atoms with Gasteiger partial charge in [-0.1, -0.05) is 78.1 Å². The first-order valence-corrected chi connectivity index (χ1v) is 14.7. The molecule has 0 fully saturated rings.